The summed E-state index contributed by atoms with van der Waals surface area (Å²) in [5.74, 6) is 0.676. The molecule has 6 aromatic carbocycles. The van der Waals surface area contributed by atoms with E-state index in [0.717, 1.165) is 33.2 Å². The Morgan fingerprint density at radius 2 is 1.28 bits per heavy atom. The largest absolute Gasteiger partial charge is 0.492 e. The summed E-state index contributed by atoms with van der Waals surface area (Å²) in [7, 11) is 1.57. The van der Waals surface area contributed by atoms with Crippen LogP contribution in [0.2, 0.25) is 0 Å². The van der Waals surface area contributed by atoms with Gasteiger partial charge < -0.3 is 13.7 Å². The van der Waals surface area contributed by atoms with Crippen LogP contribution in [0.25, 0.3) is 83.3 Å². The van der Waals surface area contributed by atoms with Crippen molar-refractivity contribution < 1.29 is 13.5 Å². The van der Waals surface area contributed by atoms with Crippen molar-refractivity contribution in [1.82, 2.24) is 14.5 Å². The molecule has 9 aromatic rings. The Kier molecular flexibility index (Phi) is 6.15. The molecule has 0 radical (unpaired) electrons. The van der Waals surface area contributed by atoms with Gasteiger partial charge >= 0.3 is 0 Å². The number of benzene rings is 6. The first-order valence-corrected chi connectivity index (χ1v) is 15.4. The standard InChI is InChI=1S/C41H26FN3O2/c1-46-38-31(28-16-5-8-19-33(28)42)22-23-32-37-40(47-39(32)38)36(25-12-3-2-4-13-25)43-41(44-37)26-14-11-15-27(24-26)45-34-20-9-6-17-29(34)30-18-7-10-21-35(30)45/h2-24H,1H3. The lowest BCUT2D eigenvalue weighted by Gasteiger charge is -2.11. The van der Waals surface area contributed by atoms with E-state index in [1.165, 1.54) is 16.8 Å². The maximum atomic E-state index is 14.9. The third kappa shape index (κ3) is 4.22. The number of hydrogen-bond acceptors (Lipinski definition) is 4. The molecule has 0 aliphatic carbocycles. The Morgan fingerprint density at radius 3 is 2.02 bits per heavy atom. The number of para-hydroxylation sites is 2. The smallest absolute Gasteiger partial charge is 0.180 e. The van der Waals surface area contributed by atoms with Crippen LogP contribution in [0.1, 0.15) is 0 Å². The molecule has 6 heteroatoms. The fourth-order valence-corrected chi connectivity index (χ4v) is 6.68. The first-order valence-electron chi connectivity index (χ1n) is 15.4. The van der Waals surface area contributed by atoms with Gasteiger partial charge in [-0.25, -0.2) is 14.4 Å². The molecule has 9 rings (SSSR count). The molecular weight excluding hydrogens is 585 g/mol. The summed E-state index contributed by atoms with van der Waals surface area (Å²) >= 11 is 0. The van der Waals surface area contributed by atoms with Gasteiger partial charge in [-0.15, -0.1) is 0 Å². The number of furan rings is 1. The van der Waals surface area contributed by atoms with E-state index < -0.39 is 0 Å². The number of ether oxygens (including phenoxy) is 1. The highest BCUT2D eigenvalue weighted by Gasteiger charge is 2.23. The summed E-state index contributed by atoms with van der Waals surface area (Å²) in [6.07, 6.45) is 0. The molecular formula is C41H26FN3O2. The van der Waals surface area contributed by atoms with E-state index in [1.807, 2.05) is 54.6 Å². The van der Waals surface area contributed by atoms with Crippen molar-refractivity contribution in [2.24, 2.45) is 0 Å². The number of nitrogens with zero attached hydrogens (tertiary/aromatic N) is 3. The van der Waals surface area contributed by atoms with Crippen LogP contribution >= 0.6 is 0 Å². The van der Waals surface area contributed by atoms with E-state index in [-0.39, 0.29) is 5.82 Å². The molecule has 0 aliphatic heterocycles. The Bertz CT molecular complexity index is 2590. The lowest BCUT2D eigenvalue weighted by molar-refractivity contribution is 0.413. The molecule has 0 spiro atoms. The van der Waals surface area contributed by atoms with E-state index >= 15 is 0 Å². The molecule has 3 aromatic heterocycles. The van der Waals surface area contributed by atoms with Gasteiger partial charge in [-0.2, -0.15) is 0 Å². The lowest BCUT2D eigenvalue weighted by atomic mass is 10.0. The third-order valence-corrected chi connectivity index (χ3v) is 8.79. The Labute approximate surface area is 269 Å². The second-order valence-electron chi connectivity index (χ2n) is 11.5. The highest BCUT2D eigenvalue weighted by atomic mass is 19.1. The van der Waals surface area contributed by atoms with Crippen molar-refractivity contribution in [3.8, 4) is 45.2 Å². The molecule has 0 amide bonds. The highest BCUT2D eigenvalue weighted by Crippen LogP contribution is 2.44. The predicted molar refractivity (Wildman–Crippen MR) is 186 cm³/mol. The summed E-state index contributed by atoms with van der Waals surface area (Å²) in [6, 6.07) is 45.6. The number of hydrogen-bond donors (Lipinski definition) is 0. The van der Waals surface area contributed by atoms with Gasteiger partial charge in [0.05, 0.1) is 23.5 Å². The van der Waals surface area contributed by atoms with E-state index in [2.05, 4.69) is 65.2 Å². The molecule has 0 N–H and O–H groups in total. The summed E-state index contributed by atoms with van der Waals surface area (Å²) in [5, 5.41) is 3.16. The number of fused-ring (bicyclic) bond motifs is 6. The predicted octanol–water partition coefficient (Wildman–Crippen LogP) is 10.6. The Balaban J connectivity index is 1.29. The van der Waals surface area contributed by atoms with Gasteiger partial charge in [0.1, 0.15) is 17.0 Å². The van der Waals surface area contributed by atoms with Crippen LogP contribution in [-0.4, -0.2) is 21.6 Å². The number of methoxy groups -OCH3 is 1. The van der Waals surface area contributed by atoms with E-state index in [1.54, 1.807) is 25.3 Å². The molecule has 0 bridgehead atoms. The minimum atomic E-state index is -0.337. The molecule has 0 fully saturated rings. The average Bonchev–Trinajstić information content (AvgIpc) is 3.67. The van der Waals surface area contributed by atoms with E-state index in [9.17, 15) is 4.39 Å². The van der Waals surface area contributed by atoms with Crippen LogP contribution in [0, 0.1) is 5.82 Å². The van der Waals surface area contributed by atoms with Crippen LogP contribution in [0.5, 0.6) is 5.75 Å². The van der Waals surface area contributed by atoms with Gasteiger partial charge in [-0.3, -0.25) is 0 Å². The molecule has 0 saturated carbocycles. The van der Waals surface area contributed by atoms with Gasteiger partial charge in [0.2, 0.25) is 0 Å². The minimum Gasteiger partial charge on any atom is -0.492 e. The highest BCUT2D eigenvalue weighted by molar-refractivity contribution is 6.11. The normalized spacial score (nSPS) is 11.6. The average molecular weight is 612 g/mol. The van der Waals surface area contributed by atoms with Crippen molar-refractivity contribution in [2.75, 3.05) is 7.11 Å². The topological polar surface area (TPSA) is 53.1 Å². The molecule has 3 heterocycles. The molecule has 0 saturated heterocycles. The van der Waals surface area contributed by atoms with Crippen molar-refractivity contribution in [3.63, 3.8) is 0 Å². The van der Waals surface area contributed by atoms with Crippen LogP contribution < -0.4 is 4.74 Å². The van der Waals surface area contributed by atoms with E-state index in [0.29, 0.717) is 45.1 Å². The van der Waals surface area contributed by atoms with Gasteiger partial charge in [0, 0.05) is 38.7 Å². The first-order chi connectivity index (χ1) is 23.2. The van der Waals surface area contributed by atoms with Crippen molar-refractivity contribution >= 4 is 43.9 Å². The quantitative estimate of drug-likeness (QED) is 0.194. The van der Waals surface area contributed by atoms with Crippen molar-refractivity contribution in [2.45, 2.75) is 0 Å². The second kappa shape index (κ2) is 10.7. The van der Waals surface area contributed by atoms with Crippen LogP contribution in [0.4, 0.5) is 4.39 Å². The maximum absolute atomic E-state index is 14.9. The fraction of sp³-hybridized carbons (Fsp3) is 0.0244. The summed E-state index contributed by atoms with van der Waals surface area (Å²) < 4.78 is 29.6. The second-order valence-corrected chi connectivity index (χ2v) is 11.5. The molecule has 224 valence electrons. The maximum Gasteiger partial charge on any atom is 0.180 e. The van der Waals surface area contributed by atoms with Crippen LogP contribution in [0.15, 0.2) is 144 Å². The van der Waals surface area contributed by atoms with Gasteiger partial charge in [0.15, 0.2) is 22.7 Å². The van der Waals surface area contributed by atoms with Gasteiger partial charge in [0.25, 0.3) is 0 Å². The number of halogens is 1. The Morgan fingerprint density at radius 1 is 0.596 bits per heavy atom. The van der Waals surface area contributed by atoms with E-state index in [4.69, 9.17) is 19.1 Å². The molecule has 0 atom stereocenters. The molecule has 47 heavy (non-hydrogen) atoms. The van der Waals surface area contributed by atoms with Crippen LogP contribution in [-0.2, 0) is 0 Å². The zero-order valence-corrected chi connectivity index (χ0v) is 25.3. The van der Waals surface area contributed by atoms with Crippen molar-refractivity contribution in [1.29, 1.82) is 0 Å². The Hall–Kier alpha value is -6.27. The monoisotopic (exact) mass is 611 g/mol. The number of rotatable bonds is 5. The minimum absolute atomic E-state index is 0.337. The SMILES string of the molecule is COc1c(-c2ccccc2F)ccc2c1oc1c(-c3ccccc3)nc(-c3cccc(-n4c5ccccc5c5ccccc54)c3)nc12. The zero-order chi connectivity index (χ0) is 31.5. The van der Waals surface area contributed by atoms with Gasteiger partial charge in [-0.1, -0.05) is 97.1 Å². The summed E-state index contributed by atoms with van der Waals surface area (Å²) in [6.45, 7) is 0. The lowest BCUT2D eigenvalue weighted by Crippen LogP contribution is -1.97. The molecule has 0 aliphatic rings. The molecule has 0 unspecified atom stereocenters. The number of aromatic nitrogens is 3. The van der Waals surface area contributed by atoms with Crippen LogP contribution in [0.3, 0.4) is 0 Å². The molecule has 5 nitrogen and oxygen atoms in total. The zero-order valence-electron chi connectivity index (χ0n) is 25.3. The van der Waals surface area contributed by atoms with Gasteiger partial charge in [-0.05, 0) is 42.5 Å². The van der Waals surface area contributed by atoms with Crippen molar-refractivity contribution in [3.05, 3.63) is 145 Å². The summed E-state index contributed by atoms with van der Waals surface area (Å²) in [4.78, 5) is 10.2. The fourth-order valence-electron chi connectivity index (χ4n) is 6.68. The third-order valence-electron chi connectivity index (χ3n) is 8.79. The first kappa shape index (κ1) is 27.1. The summed E-state index contributed by atoms with van der Waals surface area (Å²) in [5.41, 5.74) is 8.43.